The second-order valence-corrected chi connectivity index (χ2v) is 10.0. The zero-order chi connectivity index (χ0) is 28.2. The number of aromatic nitrogens is 3. The number of nitrogens with one attached hydrogen (secondary N) is 1. The normalized spacial score (nSPS) is 12.2. The van der Waals surface area contributed by atoms with Crippen LogP contribution in [0, 0.1) is 13.8 Å². The molecular formula is C23H16BrF6N5O2S. The molecule has 200 valence electrons. The van der Waals surface area contributed by atoms with Gasteiger partial charge in [0.15, 0.2) is 5.69 Å². The zero-order valence-corrected chi connectivity index (χ0v) is 21.8. The van der Waals surface area contributed by atoms with Gasteiger partial charge in [-0.25, -0.2) is 4.98 Å². The van der Waals surface area contributed by atoms with Crippen LogP contribution in [0.3, 0.4) is 0 Å². The number of rotatable bonds is 5. The fourth-order valence-corrected chi connectivity index (χ4v) is 5.19. The highest BCUT2D eigenvalue weighted by molar-refractivity contribution is 9.10. The fraction of sp³-hybridized carbons (Fsp3) is 0.217. The second-order valence-electron chi connectivity index (χ2n) is 8.22. The van der Waals surface area contributed by atoms with E-state index in [9.17, 15) is 35.9 Å². The van der Waals surface area contributed by atoms with Gasteiger partial charge >= 0.3 is 12.4 Å². The lowest BCUT2D eigenvalue weighted by Crippen LogP contribution is -2.22. The van der Waals surface area contributed by atoms with E-state index in [1.165, 1.54) is 6.92 Å². The summed E-state index contributed by atoms with van der Waals surface area (Å²) >= 11 is 3.38. The molecule has 3 N–H and O–H groups in total. The molecule has 0 radical (unpaired) electrons. The average molecular weight is 620 g/mol. The number of aryl methyl sites for hydroxylation is 1. The van der Waals surface area contributed by atoms with Gasteiger partial charge in [0.05, 0.1) is 15.9 Å². The third-order valence-corrected chi connectivity index (χ3v) is 7.55. The quantitative estimate of drug-likeness (QED) is 0.255. The molecule has 0 unspecified atom stereocenters. The molecule has 0 fully saturated rings. The predicted molar refractivity (Wildman–Crippen MR) is 132 cm³/mol. The standard InChI is InChI=1S/C23H16BrF6N5O2S/c1-9-3-5-11(6-4-9)12-7-13(22(25,26)27)32-21-15(12)17(18(38-21)20(31)37)33-14(36)8-35-10(2)16(24)19(34-35)23(28,29)30/h3-7H,8H2,1-2H3,(H2,31,37)(H,33,36). The number of halogens is 7. The SMILES string of the molecule is Cc1ccc(-c2cc(C(F)(F)F)nc3sc(C(N)=O)c(NC(=O)Cn4nc(C(F)(F)F)c(Br)c4C)c23)cc1. The molecule has 7 nitrogen and oxygen atoms in total. The van der Waals surface area contributed by atoms with Crippen LogP contribution in [0.2, 0.25) is 0 Å². The molecule has 38 heavy (non-hydrogen) atoms. The summed E-state index contributed by atoms with van der Waals surface area (Å²) in [4.78, 5) is 28.3. The Morgan fingerprint density at radius 3 is 2.24 bits per heavy atom. The summed E-state index contributed by atoms with van der Waals surface area (Å²) < 4.78 is 81.0. The van der Waals surface area contributed by atoms with Crippen molar-refractivity contribution in [1.29, 1.82) is 0 Å². The van der Waals surface area contributed by atoms with Crippen LogP contribution in [0.25, 0.3) is 21.3 Å². The second kappa shape index (κ2) is 9.69. The summed E-state index contributed by atoms with van der Waals surface area (Å²) in [6.07, 6.45) is -9.59. The van der Waals surface area contributed by atoms with Gasteiger partial charge in [-0.15, -0.1) is 11.3 Å². The molecule has 0 spiro atoms. The molecule has 3 heterocycles. The van der Waals surface area contributed by atoms with Gasteiger partial charge in [-0.2, -0.15) is 31.4 Å². The van der Waals surface area contributed by atoms with Gasteiger partial charge in [0.25, 0.3) is 5.91 Å². The molecule has 2 amide bonds. The third kappa shape index (κ3) is 5.25. The van der Waals surface area contributed by atoms with Gasteiger partial charge in [0, 0.05) is 5.39 Å². The fourth-order valence-electron chi connectivity index (χ4n) is 3.67. The van der Waals surface area contributed by atoms with E-state index in [4.69, 9.17) is 5.73 Å². The summed E-state index contributed by atoms with van der Waals surface area (Å²) in [5.41, 5.74) is 4.04. The first-order chi connectivity index (χ1) is 17.6. The smallest absolute Gasteiger partial charge is 0.365 e. The first kappa shape index (κ1) is 27.6. The van der Waals surface area contributed by atoms with E-state index >= 15 is 0 Å². The Balaban J connectivity index is 1.85. The summed E-state index contributed by atoms with van der Waals surface area (Å²) in [5.74, 6) is -1.93. The van der Waals surface area contributed by atoms with Crippen molar-refractivity contribution in [2.75, 3.05) is 5.32 Å². The van der Waals surface area contributed by atoms with Crippen molar-refractivity contribution in [1.82, 2.24) is 14.8 Å². The molecule has 3 aromatic heterocycles. The Morgan fingerprint density at radius 1 is 1.08 bits per heavy atom. The van der Waals surface area contributed by atoms with Crippen LogP contribution >= 0.6 is 27.3 Å². The Labute approximate surface area is 222 Å². The monoisotopic (exact) mass is 619 g/mol. The number of alkyl halides is 6. The Hall–Kier alpha value is -3.46. The van der Waals surface area contributed by atoms with E-state index in [0.717, 1.165) is 16.3 Å². The third-order valence-electron chi connectivity index (χ3n) is 5.50. The van der Waals surface area contributed by atoms with Crippen LogP contribution in [0.15, 0.2) is 34.8 Å². The first-order valence-electron chi connectivity index (χ1n) is 10.6. The van der Waals surface area contributed by atoms with E-state index in [1.807, 2.05) is 0 Å². The van der Waals surface area contributed by atoms with E-state index in [0.29, 0.717) is 16.9 Å². The van der Waals surface area contributed by atoms with Crippen molar-refractivity contribution in [3.8, 4) is 11.1 Å². The molecule has 15 heteroatoms. The van der Waals surface area contributed by atoms with Gasteiger partial charge < -0.3 is 11.1 Å². The number of fused-ring (bicyclic) bond motifs is 1. The number of anilines is 1. The minimum absolute atomic E-state index is 0.00889. The van der Waals surface area contributed by atoms with Crippen LogP contribution in [0.5, 0.6) is 0 Å². The molecule has 0 atom stereocenters. The van der Waals surface area contributed by atoms with Gasteiger partial charge in [-0.1, -0.05) is 29.8 Å². The molecular weight excluding hydrogens is 604 g/mol. The highest BCUT2D eigenvalue weighted by Crippen LogP contribution is 2.44. The number of hydrogen-bond acceptors (Lipinski definition) is 5. The van der Waals surface area contributed by atoms with Crippen LogP contribution in [-0.4, -0.2) is 26.6 Å². The molecule has 0 saturated heterocycles. The lowest BCUT2D eigenvalue weighted by molar-refractivity contribution is -0.142. The average Bonchev–Trinajstić information content (AvgIpc) is 3.31. The van der Waals surface area contributed by atoms with E-state index in [1.54, 1.807) is 31.2 Å². The van der Waals surface area contributed by atoms with Crippen LogP contribution in [0.4, 0.5) is 32.0 Å². The minimum Gasteiger partial charge on any atom is -0.365 e. The summed E-state index contributed by atoms with van der Waals surface area (Å²) in [5, 5.41) is 5.90. The van der Waals surface area contributed by atoms with Crippen molar-refractivity contribution in [2.45, 2.75) is 32.7 Å². The molecule has 0 aliphatic carbocycles. The van der Waals surface area contributed by atoms with E-state index in [-0.39, 0.29) is 36.5 Å². The lowest BCUT2D eigenvalue weighted by Gasteiger charge is -2.13. The number of carbonyl (C=O) groups excluding carboxylic acids is 2. The summed E-state index contributed by atoms with van der Waals surface area (Å²) in [6, 6.07) is 7.28. The number of carbonyl (C=O) groups is 2. The number of pyridine rings is 1. The maximum absolute atomic E-state index is 13.6. The number of nitrogens with two attached hydrogens (primary N) is 1. The Morgan fingerprint density at radius 2 is 1.71 bits per heavy atom. The van der Waals surface area contributed by atoms with Gasteiger partial charge in [-0.3, -0.25) is 14.3 Å². The van der Waals surface area contributed by atoms with Gasteiger partial charge in [-0.05, 0) is 47.0 Å². The van der Waals surface area contributed by atoms with Crippen LogP contribution in [0.1, 0.15) is 32.3 Å². The van der Waals surface area contributed by atoms with Crippen molar-refractivity contribution in [2.24, 2.45) is 5.73 Å². The number of benzene rings is 1. The largest absolute Gasteiger partial charge is 0.436 e. The number of nitrogens with zero attached hydrogens (tertiary/aromatic N) is 3. The predicted octanol–water partition coefficient (Wildman–Crippen LogP) is 6.31. The topological polar surface area (TPSA) is 103 Å². The zero-order valence-electron chi connectivity index (χ0n) is 19.4. The molecule has 4 rings (SSSR count). The number of thiophene rings is 1. The highest BCUT2D eigenvalue weighted by Gasteiger charge is 2.38. The molecule has 0 aliphatic rings. The molecule has 0 aliphatic heterocycles. The maximum Gasteiger partial charge on any atom is 0.436 e. The Kier molecular flexibility index (Phi) is 7.03. The molecule has 1 aromatic carbocycles. The van der Waals surface area contributed by atoms with Gasteiger partial charge in [0.1, 0.15) is 21.9 Å². The Bertz CT molecular complexity index is 1570. The van der Waals surface area contributed by atoms with Crippen molar-refractivity contribution < 1.29 is 35.9 Å². The number of amides is 2. The minimum atomic E-state index is -4.81. The van der Waals surface area contributed by atoms with Crippen LogP contribution in [-0.2, 0) is 23.7 Å². The van der Waals surface area contributed by atoms with Crippen molar-refractivity contribution in [3.05, 3.63) is 62.3 Å². The maximum atomic E-state index is 13.6. The van der Waals surface area contributed by atoms with Crippen LogP contribution < -0.4 is 11.1 Å². The van der Waals surface area contributed by atoms with E-state index < -0.39 is 42.1 Å². The molecule has 0 saturated carbocycles. The summed E-state index contributed by atoms with van der Waals surface area (Å²) in [6.45, 7) is 2.41. The van der Waals surface area contributed by atoms with Crippen molar-refractivity contribution in [3.63, 3.8) is 0 Å². The van der Waals surface area contributed by atoms with Crippen molar-refractivity contribution >= 4 is 55.0 Å². The lowest BCUT2D eigenvalue weighted by atomic mass is 10.00. The summed E-state index contributed by atoms with van der Waals surface area (Å²) in [7, 11) is 0. The number of primary amides is 1. The molecule has 4 aromatic rings. The highest BCUT2D eigenvalue weighted by atomic mass is 79.9. The van der Waals surface area contributed by atoms with Gasteiger partial charge in [0.2, 0.25) is 5.91 Å². The number of hydrogen-bond donors (Lipinski definition) is 2. The first-order valence-corrected chi connectivity index (χ1v) is 12.2. The van der Waals surface area contributed by atoms with E-state index in [2.05, 4.69) is 31.3 Å². The molecule has 0 bridgehead atoms.